The average Bonchev–Trinajstić information content (AvgIpc) is 2.46. The van der Waals surface area contributed by atoms with Gasteiger partial charge in [-0.1, -0.05) is 23.4 Å². The van der Waals surface area contributed by atoms with Gasteiger partial charge < -0.3 is 9.84 Å². The zero-order valence-electron chi connectivity index (χ0n) is 10.7. The van der Waals surface area contributed by atoms with E-state index in [1.807, 2.05) is 0 Å². The van der Waals surface area contributed by atoms with E-state index in [0.29, 0.717) is 31.9 Å². The van der Waals surface area contributed by atoms with Crippen LogP contribution in [-0.4, -0.2) is 50.7 Å². The smallest absolute Gasteiger partial charge is 0.244 e. The van der Waals surface area contributed by atoms with Crippen LogP contribution in [0.25, 0.3) is 0 Å². The zero-order valence-corrected chi connectivity index (χ0v) is 12.2. The fraction of sp³-hybridized carbons (Fsp3) is 0.385. The van der Waals surface area contributed by atoms with Gasteiger partial charge >= 0.3 is 0 Å². The predicted molar refractivity (Wildman–Crippen MR) is 75.0 cm³/mol. The van der Waals surface area contributed by atoms with Crippen LogP contribution in [0.2, 0.25) is 5.02 Å². The Kier molecular flexibility index (Phi) is 5.02. The molecule has 1 saturated heterocycles. The molecule has 0 bridgehead atoms. The van der Waals surface area contributed by atoms with Gasteiger partial charge in [0.25, 0.3) is 0 Å². The minimum atomic E-state index is -3.61. The molecule has 1 aromatic rings. The Morgan fingerprint density at radius 1 is 1.35 bits per heavy atom. The second-order valence-electron chi connectivity index (χ2n) is 4.12. The van der Waals surface area contributed by atoms with E-state index in [-0.39, 0.29) is 16.5 Å². The number of nitrogens with zero attached hydrogens (tertiary/aromatic N) is 1. The van der Waals surface area contributed by atoms with E-state index in [1.165, 1.54) is 16.4 Å². The minimum Gasteiger partial charge on any atom is -0.384 e. The van der Waals surface area contributed by atoms with Gasteiger partial charge in [-0.15, -0.1) is 0 Å². The topological polar surface area (TPSA) is 66.8 Å². The highest BCUT2D eigenvalue weighted by Crippen LogP contribution is 2.26. The Balaban J connectivity index is 2.32. The summed E-state index contributed by atoms with van der Waals surface area (Å²) in [6.45, 7) is 1.16. The third-order valence-electron chi connectivity index (χ3n) is 2.83. The van der Waals surface area contributed by atoms with Crippen LogP contribution in [0.15, 0.2) is 23.1 Å². The second-order valence-corrected chi connectivity index (χ2v) is 6.44. The van der Waals surface area contributed by atoms with Crippen molar-refractivity contribution < 1.29 is 18.3 Å². The van der Waals surface area contributed by atoms with Gasteiger partial charge in [0.2, 0.25) is 10.0 Å². The van der Waals surface area contributed by atoms with Crippen molar-refractivity contribution in [2.45, 2.75) is 4.90 Å². The average molecular weight is 316 g/mol. The Morgan fingerprint density at radius 3 is 2.65 bits per heavy atom. The molecule has 1 heterocycles. The SMILES string of the molecule is O=S(=O)(c1ccc(C#CCO)cc1Cl)N1CCOCC1. The molecule has 0 aliphatic carbocycles. The van der Waals surface area contributed by atoms with Crippen molar-refractivity contribution in [3.63, 3.8) is 0 Å². The quantitative estimate of drug-likeness (QED) is 0.816. The maximum atomic E-state index is 12.4. The molecule has 0 unspecified atom stereocenters. The lowest BCUT2D eigenvalue weighted by atomic mass is 10.2. The van der Waals surface area contributed by atoms with Crippen molar-refractivity contribution in [3.05, 3.63) is 28.8 Å². The highest BCUT2D eigenvalue weighted by molar-refractivity contribution is 7.89. The Morgan fingerprint density at radius 2 is 2.05 bits per heavy atom. The van der Waals surface area contributed by atoms with Crippen molar-refractivity contribution >= 4 is 21.6 Å². The number of rotatable bonds is 2. The van der Waals surface area contributed by atoms with Crippen LogP contribution in [0.3, 0.4) is 0 Å². The van der Waals surface area contributed by atoms with Crippen LogP contribution in [0, 0.1) is 11.8 Å². The highest BCUT2D eigenvalue weighted by Gasteiger charge is 2.28. The molecule has 0 radical (unpaired) electrons. The number of hydrogen-bond acceptors (Lipinski definition) is 4. The first kappa shape index (κ1) is 15.3. The van der Waals surface area contributed by atoms with Gasteiger partial charge in [0.05, 0.1) is 18.2 Å². The molecule has 1 aromatic carbocycles. The van der Waals surface area contributed by atoms with Gasteiger partial charge in [0.15, 0.2) is 0 Å². The molecular weight excluding hydrogens is 302 g/mol. The molecule has 7 heteroatoms. The van der Waals surface area contributed by atoms with Crippen LogP contribution in [0.1, 0.15) is 5.56 Å². The van der Waals surface area contributed by atoms with Crippen LogP contribution in [0.4, 0.5) is 0 Å². The van der Waals surface area contributed by atoms with E-state index in [1.54, 1.807) is 6.07 Å². The Bertz CT molecular complexity index is 642. The first-order valence-corrected chi connectivity index (χ1v) is 7.84. The first-order valence-electron chi connectivity index (χ1n) is 6.03. The number of sulfonamides is 1. The van der Waals surface area contributed by atoms with Gasteiger partial charge in [-0.3, -0.25) is 0 Å². The standard InChI is InChI=1S/C13H14ClNO4S/c14-12-10-11(2-1-7-16)3-4-13(12)20(17,18)15-5-8-19-9-6-15/h3-4,10,16H,5-9H2. The van der Waals surface area contributed by atoms with Crippen LogP contribution in [-0.2, 0) is 14.8 Å². The van der Waals surface area contributed by atoms with E-state index in [9.17, 15) is 8.42 Å². The van der Waals surface area contributed by atoms with Crippen molar-refractivity contribution in [3.8, 4) is 11.8 Å². The van der Waals surface area contributed by atoms with E-state index < -0.39 is 10.0 Å². The first-order chi connectivity index (χ1) is 9.55. The second kappa shape index (κ2) is 6.57. The highest BCUT2D eigenvalue weighted by atomic mass is 35.5. The summed E-state index contributed by atoms with van der Waals surface area (Å²) in [5.41, 5.74) is 0.560. The number of morpholine rings is 1. The molecule has 5 nitrogen and oxygen atoms in total. The van der Waals surface area contributed by atoms with E-state index in [2.05, 4.69) is 11.8 Å². The summed E-state index contributed by atoms with van der Waals surface area (Å²) in [7, 11) is -3.61. The molecule has 108 valence electrons. The summed E-state index contributed by atoms with van der Waals surface area (Å²) in [6, 6.07) is 4.49. The third kappa shape index (κ3) is 3.32. The van der Waals surface area contributed by atoms with E-state index >= 15 is 0 Å². The monoisotopic (exact) mass is 315 g/mol. The van der Waals surface area contributed by atoms with Crippen LogP contribution < -0.4 is 0 Å². The molecular formula is C13H14ClNO4S. The molecule has 0 saturated carbocycles. The zero-order chi connectivity index (χ0) is 14.6. The molecule has 0 amide bonds. The Labute approximate surface area is 123 Å². The van der Waals surface area contributed by atoms with Crippen molar-refractivity contribution in [1.29, 1.82) is 0 Å². The van der Waals surface area contributed by atoms with Gasteiger partial charge in [0.1, 0.15) is 11.5 Å². The lowest BCUT2D eigenvalue weighted by Crippen LogP contribution is -2.40. The lowest BCUT2D eigenvalue weighted by molar-refractivity contribution is 0.0730. The maximum Gasteiger partial charge on any atom is 0.244 e. The van der Waals surface area contributed by atoms with Crippen molar-refractivity contribution in [2.75, 3.05) is 32.9 Å². The van der Waals surface area contributed by atoms with Crippen molar-refractivity contribution in [2.24, 2.45) is 0 Å². The number of halogens is 1. The molecule has 2 rings (SSSR count). The molecule has 20 heavy (non-hydrogen) atoms. The van der Waals surface area contributed by atoms with Gasteiger partial charge in [-0.25, -0.2) is 8.42 Å². The summed E-state index contributed by atoms with van der Waals surface area (Å²) >= 11 is 6.04. The van der Waals surface area contributed by atoms with Crippen LogP contribution >= 0.6 is 11.6 Å². The molecule has 0 aromatic heterocycles. The predicted octanol–water partition coefficient (Wildman–Crippen LogP) is 0.705. The number of hydrogen-bond donors (Lipinski definition) is 1. The number of ether oxygens (including phenoxy) is 1. The van der Waals surface area contributed by atoms with E-state index in [4.69, 9.17) is 21.4 Å². The third-order valence-corrected chi connectivity index (χ3v) is 5.21. The summed E-state index contributed by atoms with van der Waals surface area (Å²) in [6.07, 6.45) is 0. The molecule has 0 spiro atoms. The number of benzene rings is 1. The number of aliphatic hydroxyl groups is 1. The molecule has 1 aliphatic heterocycles. The van der Waals surface area contributed by atoms with Gasteiger partial charge in [-0.2, -0.15) is 4.31 Å². The largest absolute Gasteiger partial charge is 0.384 e. The normalized spacial score (nSPS) is 16.5. The lowest BCUT2D eigenvalue weighted by Gasteiger charge is -2.26. The van der Waals surface area contributed by atoms with Gasteiger partial charge in [0, 0.05) is 18.7 Å². The minimum absolute atomic E-state index is 0.0654. The fourth-order valence-corrected chi connectivity index (χ4v) is 3.78. The maximum absolute atomic E-state index is 12.4. The number of aliphatic hydroxyl groups excluding tert-OH is 1. The van der Waals surface area contributed by atoms with Gasteiger partial charge in [-0.05, 0) is 18.2 Å². The fourth-order valence-electron chi connectivity index (χ4n) is 1.86. The molecule has 0 atom stereocenters. The summed E-state index contributed by atoms with van der Waals surface area (Å²) < 4.78 is 31.4. The van der Waals surface area contributed by atoms with Crippen LogP contribution in [0.5, 0.6) is 0 Å². The van der Waals surface area contributed by atoms with Crippen molar-refractivity contribution in [1.82, 2.24) is 4.31 Å². The Hall–Kier alpha value is -1.10. The summed E-state index contributed by atoms with van der Waals surface area (Å²) in [5, 5.41) is 8.76. The molecule has 1 fully saturated rings. The summed E-state index contributed by atoms with van der Waals surface area (Å²) in [4.78, 5) is 0.0654. The summed E-state index contributed by atoms with van der Waals surface area (Å²) in [5.74, 6) is 5.16. The molecule has 1 aliphatic rings. The van der Waals surface area contributed by atoms with E-state index in [0.717, 1.165) is 0 Å². The molecule has 1 N–H and O–H groups in total.